The van der Waals surface area contributed by atoms with Crippen molar-refractivity contribution in [2.24, 2.45) is 0 Å². The van der Waals surface area contributed by atoms with Crippen LogP contribution in [0.2, 0.25) is 0 Å². The molecule has 0 bridgehead atoms. The van der Waals surface area contributed by atoms with Crippen molar-refractivity contribution in [3.05, 3.63) is 17.7 Å². The van der Waals surface area contributed by atoms with Crippen molar-refractivity contribution in [1.82, 2.24) is 0 Å². The van der Waals surface area contributed by atoms with E-state index in [2.05, 4.69) is 0 Å². The van der Waals surface area contributed by atoms with E-state index in [-0.39, 0.29) is 29.6 Å². The molecule has 0 amide bonds. The number of phenols is 1. The number of Topliss-reactive ketones (excluding diaryl/α,β-unsaturated/α-hetero) is 1. The number of phenolic OH excluding ortho intramolecular Hbond substituents is 1. The Bertz CT molecular complexity index is 386. The van der Waals surface area contributed by atoms with Gasteiger partial charge in [-0.25, -0.2) is 0 Å². The highest BCUT2D eigenvalue weighted by atomic mass is 16.7. The molecule has 0 unspecified atom stereocenters. The van der Waals surface area contributed by atoms with E-state index < -0.39 is 0 Å². The van der Waals surface area contributed by atoms with Crippen LogP contribution in [0.1, 0.15) is 17.3 Å². The first-order valence-corrected chi connectivity index (χ1v) is 4.64. The summed E-state index contributed by atoms with van der Waals surface area (Å²) in [7, 11) is 2.87. The summed E-state index contributed by atoms with van der Waals surface area (Å²) in [6.45, 7) is 1.40. The summed E-state index contributed by atoms with van der Waals surface area (Å²) >= 11 is 0. The van der Waals surface area contributed by atoms with Crippen LogP contribution in [0, 0.1) is 0 Å². The van der Waals surface area contributed by atoms with Crippen LogP contribution in [0.5, 0.6) is 17.2 Å². The first-order valence-electron chi connectivity index (χ1n) is 4.64. The van der Waals surface area contributed by atoms with E-state index in [1.807, 2.05) is 0 Å². The molecule has 5 heteroatoms. The first kappa shape index (κ1) is 12.3. The molecule has 0 aromatic heterocycles. The first-order chi connectivity index (χ1) is 7.61. The van der Waals surface area contributed by atoms with E-state index in [1.165, 1.54) is 27.2 Å². The molecule has 1 aromatic carbocycles. The maximum Gasteiger partial charge on any atom is 0.203 e. The number of carbonyl (C=O) groups excluding carboxylic acids is 1. The topological polar surface area (TPSA) is 65.0 Å². The van der Waals surface area contributed by atoms with Crippen molar-refractivity contribution in [3.63, 3.8) is 0 Å². The Balaban J connectivity index is 3.13. The van der Waals surface area contributed by atoms with Gasteiger partial charge in [-0.3, -0.25) is 4.79 Å². The maximum absolute atomic E-state index is 11.2. The van der Waals surface area contributed by atoms with Gasteiger partial charge in [-0.05, 0) is 19.1 Å². The summed E-state index contributed by atoms with van der Waals surface area (Å²) in [5, 5.41) is 9.77. The highest BCUT2D eigenvalue weighted by Crippen LogP contribution is 2.39. The molecular formula is C11H14O5. The summed E-state index contributed by atoms with van der Waals surface area (Å²) in [4.78, 5) is 11.2. The average Bonchev–Trinajstić information content (AvgIpc) is 2.25. The van der Waals surface area contributed by atoms with Gasteiger partial charge in [0.15, 0.2) is 24.1 Å². The molecule has 0 aliphatic carbocycles. The molecule has 0 aliphatic rings. The van der Waals surface area contributed by atoms with Gasteiger partial charge >= 0.3 is 0 Å². The fourth-order valence-corrected chi connectivity index (χ4v) is 1.27. The van der Waals surface area contributed by atoms with Gasteiger partial charge in [0, 0.05) is 7.11 Å². The minimum atomic E-state index is -0.242. The Morgan fingerprint density at radius 3 is 2.56 bits per heavy atom. The second kappa shape index (κ2) is 5.37. The van der Waals surface area contributed by atoms with Crippen molar-refractivity contribution in [2.45, 2.75) is 6.92 Å². The van der Waals surface area contributed by atoms with Crippen molar-refractivity contribution in [3.8, 4) is 17.2 Å². The van der Waals surface area contributed by atoms with Crippen LogP contribution in [0.25, 0.3) is 0 Å². The van der Waals surface area contributed by atoms with Crippen LogP contribution in [0.4, 0.5) is 0 Å². The molecule has 88 valence electrons. The molecule has 0 heterocycles. The van der Waals surface area contributed by atoms with E-state index in [9.17, 15) is 9.90 Å². The van der Waals surface area contributed by atoms with Crippen LogP contribution >= 0.6 is 0 Å². The Hall–Kier alpha value is -1.75. The number of aromatic hydroxyl groups is 1. The quantitative estimate of drug-likeness (QED) is 0.610. The van der Waals surface area contributed by atoms with Gasteiger partial charge in [0.1, 0.15) is 0 Å². The van der Waals surface area contributed by atoms with Crippen molar-refractivity contribution >= 4 is 5.78 Å². The Kier molecular flexibility index (Phi) is 4.13. The standard InChI is InChI=1S/C11H14O5/c1-7(12)8-4-5-9(16-6-14-2)11(15-3)10(8)13/h4-5,13H,6H2,1-3H3. The van der Waals surface area contributed by atoms with Gasteiger partial charge < -0.3 is 19.3 Å². The summed E-state index contributed by atoms with van der Waals surface area (Å²) in [5.74, 6) is -0.00528. The molecule has 1 N–H and O–H groups in total. The Labute approximate surface area is 93.6 Å². The third kappa shape index (κ3) is 2.43. The predicted molar refractivity (Wildman–Crippen MR) is 57.2 cm³/mol. The van der Waals surface area contributed by atoms with Crippen LogP contribution in [-0.2, 0) is 4.74 Å². The number of methoxy groups -OCH3 is 2. The molecule has 16 heavy (non-hydrogen) atoms. The smallest absolute Gasteiger partial charge is 0.203 e. The molecule has 5 nitrogen and oxygen atoms in total. The van der Waals surface area contributed by atoms with Gasteiger partial charge in [0.25, 0.3) is 0 Å². The molecule has 0 fully saturated rings. The molecule has 1 aromatic rings. The lowest BCUT2D eigenvalue weighted by Gasteiger charge is -2.12. The molecule has 0 radical (unpaired) electrons. The zero-order chi connectivity index (χ0) is 12.1. The summed E-state index contributed by atoms with van der Waals surface area (Å²) < 4.78 is 14.9. The number of ether oxygens (including phenoxy) is 3. The van der Waals surface area contributed by atoms with Crippen molar-refractivity contribution in [2.75, 3.05) is 21.0 Å². The maximum atomic E-state index is 11.2. The third-order valence-corrected chi connectivity index (χ3v) is 2.01. The zero-order valence-corrected chi connectivity index (χ0v) is 9.44. The number of hydrogen-bond acceptors (Lipinski definition) is 5. The monoisotopic (exact) mass is 226 g/mol. The van der Waals surface area contributed by atoms with E-state index in [1.54, 1.807) is 6.07 Å². The lowest BCUT2D eigenvalue weighted by Crippen LogP contribution is -2.02. The molecule has 0 spiro atoms. The van der Waals surface area contributed by atoms with Crippen LogP contribution in [-0.4, -0.2) is 31.9 Å². The number of carbonyl (C=O) groups is 1. The van der Waals surface area contributed by atoms with E-state index >= 15 is 0 Å². The molecule has 0 saturated carbocycles. The number of rotatable bonds is 5. The number of ketones is 1. The Morgan fingerprint density at radius 1 is 1.38 bits per heavy atom. The van der Waals surface area contributed by atoms with Crippen LogP contribution < -0.4 is 9.47 Å². The Morgan fingerprint density at radius 2 is 2.06 bits per heavy atom. The van der Waals surface area contributed by atoms with E-state index in [0.29, 0.717) is 5.75 Å². The average molecular weight is 226 g/mol. The third-order valence-electron chi connectivity index (χ3n) is 2.01. The molecule has 0 atom stereocenters. The molecule has 1 rings (SSSR count). The second-order valence-corrected chi connectivity index (χ2v) is 3.10. The molecule has 0 saturated heterocycles. The number of benzene rings is 1. The van der Waals surface area contributed by atoms with Gasteiger partial charge in [0.05, 0.1) is 12.7 Å². The highest BCUT2D eigenvalue weighted by molar-refractivity contribution is 5.98. The van der Waals surface area contributed by atoms with Crippen molar-refractivity contribution < 1.29 is 24.1 Å². The van der Waals surface area contributed by atoms with Gasteiger partial charge in [-0.1, -0.05) is 0 Å². The predicted octanol–water partition coefficient (Wildman–Crippen LogP) is 1.59. The van der Waals surface area contributed by atoms with E-state index in [0.717, 1.165) is 0 Å². The van der Waals surface area contributed by atoms with Gasteiger partial charge in [0.2, 0.25) is 5.75 Å². The molecular weight excluding hydrogens is 212 g/mol. The minimum Gasteiger partial charge on any atom is -0.504 e. The highest BCUT2D eigenvalue weighted by Gasteiger charge is 2.16. The van der Waals surface area contributed by atoms with Gasteiger partial charge in [-0.2, -0.15) is 0 Å². The van der Waals surface area contributed by atoms with E-state index in [4.69, 9.17) is 14.2 Å². The van der Waals surface area contributed by atoms with Crippen LogP contribution in [0.15, 0.2) is 12.1 Å². The lowest BCUT2D eigenvalue weighted by atomic mass is 10.1. The SMILES string of the molecule is COCOc1ccc(C(C)=O)c(O)c1OC. The zero-order valence-electron chi connectivity index (χ0n) is 9.44. The molecule has 0 aliphatic heterocycles. The minimum absolute atomic E-state index is 0.0369. The largest absolute Gasteiger partial charge is 0.504 e. The lowest BCUT2D eigenvalue weighted by molar-refractivity contribution is 0.0489. The fourth-order valence-electron chi connectivity index (χ4n) is 1.27. The summed E-state index contributed by atoms with van der Waals surface area (Å²) in [6, 6.07) is 3.03. The van der Waals surface area contributed by atoms with Gasteiger partial charge in [-0.15, -0.1) is 0 Å². The summed E-state index contributed by atoms with van der Waals surface area (Å²) in [6.07, 6.45) is 0. The fraction of sp³-hybridized carbons (Fsp3) is 0.364. The normalized spacial score (nSPS) is 9.94. The van der Waals surface area contributed by atoms with Crippen molar-refractivity contribution in [1.29, 1.82) is 0 Å². The second-order valence-electron chi connectivity index (χ2n) is 3.10. The summed E-state index contributed by atoms with van der Waals surface area (Å²) in [5.41, 5.74) is 0.196. The number of hydrogen-bond donors (Lipinski definition) is 1. The van der Waals surface area contributed by atoms with Crippen LogP contribution in [0.3, 0.4) is 0 Å².